The molecule has 1 unspecified atom stereocenters. The molecule has 0 aliphatic heterocycles. The van der Waals surface area contributed by atoms with Gasteiger partial charge >= 0.3 is 0 Å². The summed E-state index contributed by atoms with van der Waals surface area (Å²) in [5.74, 6) is -1.83. The normalized spacial score (nSPS) is 12.8. The molecule has 0 saturated carbocycles. The molecule has 1 atom stereocenters. The van der Waals surface area contributed by atoms with E-state index in [1.165, 1.54) is 6.92 Å². The Morgan fingerprint density at radius 1 is 1.47 bits per heavy atom. The Hall–Kier alpha value is -1.68. The predicted molar refractivity (Wildman–Crippen MR) is 58.6 cm³/mol. The largest absolute Gasteiger partial charge is 0.279 e. The Morgan fingerprint density at radius 2 is 2.12 bits per heavy atom. The van der Waals surface area contributed by atoms with Crippen LogP contribution in [0.25, 0.3) is 0 Å². The van der Waals surface area contributed by atoms with Gasteiger partial charge in [-0.3, -0.25) is 4.72 Å². The van der Waals surface area contributed by atoms with Crippen LogP contribution in [0.5, 0.6) is 0 Å². The smallest absolute Gasteiger partial charge is 0.249 e. The van der Waals surface area contributed by atoms with Crippen LogP contribution in [0.4, 0.5) is 14.5 Å². The van der Waals surface area contributed by atoms with Crippen molar-refractivity contribution < 1.29 is 17.2 Å². The number of nitrogens with zero attached hydrogens (tertiary/aromatic N) is 1. The minimum absolute atomic E-state index is 0.0780. The van der Waals surface area contributed by atoms with Gasteiger partial charge in [-0.05, 0) is 18.6 Å². The summed E-state index contributed by atoms with van der Waals surface area (Å²) in [6, 6.07) is 4.05. The second kappa shape index (κ2) is 5.10. The minimum Gasteiger partial charge on any atom is -0.279 e. The number of rotatable bonds is 4. The van der Waals surface area contributed by atoms with Gasteiger partial charge in [-0.1, -0.05) is 6.92 Å². The van der Waals surface area contributed by atoms with Crippen LogP contribution in [-0.2, 0) is 10.0 Å². The molecule has 0 aliphatic rings. The van der Waals surface area contributed by atoms with Gasteiger partial charge in [-0.15, -0.1) is 0 Å². The number of anilines is 1. The van der Waals surface area contributed by atoms with Gasteiger partial charge < -0.3 is 0 Å². The van der Waals surface area contributed by atoms with E-state index in [0.717, 1.165) is 12.1 Å². The van der Waals surface area contributed by atoms with Gasteiger partial charge in [-0.25, -0.2) is 17.2 Å². The molecule has 0 aromatic heterocycles. The van der Waals surface area contributed by atoms with Crippen molar-refractivity contribution >= 4 is 15.7 Å². The summed E-state index contributed by atoms with van der Waals surface area (Å²) in [5.41, 5.74) is -0.375. The second-order valence-corrected chi connectivity index (χ2v) is 5.16. The van der Waals surface area contributed by atoms with Crippen molar-refractivity contribution in [2.45, 2.75) is 18.6 Å². The average Bonchev–Trinajstić information content (AvgIpc) is 2.23. The summed E-state index contributed by atoms with van der Waals surface area (Å²) in [4.78, 5) is 0. The number of nitrogens with one attached hydrogen (secondary N) is 1. The Balaban J connectivity index is 3.03. The second-order valence-electron chi connectivity index (χ2n) is 3.30. The molecule has 1 N–H and O–H groups in total. The number of sulfonamides is 1. The van der Waals surface area contributed by atoms with Crippen LogP contribution in [0, 0.1) is 23.0 Å². The first-order chi connectivity index (χ1) is 7.90. The first-order valence-electron chi connectivity index (χ1n) is 4.77. The zero-order chi connectivity index (χ0) is 13.1. The summed E-state index contributed by atoms with van der Waals surface area (Å²) < 4.78 is 50.9. The third-order valence-corrected chi connectivity index (χ3v) is 3.77. The molecule has 0 radical (unpaired) electrons. The van der Waals surface area contributed by atoms with Crippen molar-refractivity contribution in [3.8, 4) is 6.07 Å². The van der Waals surface area contributed by atoms with Gasteiger partial charge in [0, 0.05) is 6.07 Å². The molecule has 0 fully saturated rings. The van der Waals surface area contributed by atoms with Gasteiger partial charge in [0.15, 0.2) is 5.25 Å². The van der Waals surface area contributed by atoms with Gasteiger partial charge in [-0.2, -0.15) is 5.26 Å². The maximum absolute atomic E-state index is 13.2. The van der Waals surface area contributed by atoms with Crippen molar-refractivity contribution in [1.29, 1.82) is 5.26 Å². The van der Waals surface area contributed by atoms with E-state index in [0.29, 0.717) is 6.07 Å². The highest BCUT2D eigenvalue weighted by atomic mass is 32.2. The van der Waals surface area contributed by atoms with E-state index >= 15 is 0 Å². The van der Waals surface area contributed by atoms with Gasteiger partial charge in [0.1, 0.15) is 11.6 Å². The number of halogens is 2. The molecule has 17 heavy (non-hydrogen) atoms. The Bertz CT molecular complexity index is 552. The summed E-state index contributed by atoms with van der Waals surface area (Å²) in [6.45, 7) is 1.52. The van der Waals surface area contributed by atoms with Gasteiger partial charge in [0.25, 0.3) is 0 Å². The average molecular weight is 260 g/mol. The van der Waals surface area contributed by atoms with E-state index < -0.39 is 26.9 Å². The molecule has 7 heteroatoms. The number of hydrogen-bond donors (Lipinski definition) is 1. The first kappa shape index (κ1) is 13.4. The van der Waals surface area contributed by atoms with E-state index in [2.05, 4.69) is 0 Å². The van der Waals surface area contributed by atoms with Gasteiger partial charge in [0.2, 0.25) is 10.0 Å². The molecule has 1 aromatic rings. The molecule has 1 rings (SSSR count). The number of nitriles is 1. The highest BCUT2D eigenvalue weighted by Crippen LogP contribution is 2.18. The highest BCUT2D eigenvalue weighted by molar-refractivity contribution is 7.93. The van der Waals surface area contributed by atoms with Crippen LogP contribution in [0.2, 0.25) is 0 Å². The predicted octanol–water partition coefficient (Wildman–Crippen LogP) is 2.01. The van der Waals surface area contributed by atoms with E-state index in [1.54, 1.807) is 6.07 Å². The first-order valence-corrected chi connectivity index (χ1v) is 6.31. The van der Waals surface area contributed by atoms with Crippen LogP contribution in [0.15, 0.2) is 18.2 Å². The molecule has 1 aromatic carbocycles. The molecule has 0 bridgehead atoms. The summed E-state index contributed by atoms with van der Waals surface area (Å²) in [5, 5.41) is 7.36. The molecular formula is C10H10F2N2O2S. The van der Waals surface area contributed by atoms with Crippen molar-refractivity contribution in [1.82, 2.24) is 0 Å². The Labute approximate surface area is 97.9 Å². The van der Waals surface area contributed by atoms with Crippen LogP contribution < -0.4 is 4.72 Å². The van der Waals surface area contributed by atoms with E-state index in [4.69, 9.17) is 5.26 Å². The Morgan fingerprint density at radius 3 is 2.59 bits per heavy atom. The fourth-order valence-electron chi connectivity index (χ4n) is 1.18. The molecule has 0 aliphatic carbocycles. The quantitative estimate of drug-likeness (QED) is 0.900. The van der Waals surface area contributed by atoms with Crippen molar-refractivity contribution in [3.05, 3.63) is 29.8 Å². The summed E-state index contributed by atoms with van der Waals surface area (Å²) >= 11 is 0. The highest BCUT2D eigenvalue weighted by Gasteiger charge is 2.24. The van der Waals surface area contributed by atoms with Crippen molar-refractivity contribution in [2.75, 3.05) is 4.72 Å². The summed E-state index contributed by atoms with van der Waals surface area (Å²) in [6.07, 6.45) is 0.0780. The van der Waals surface area contributed by atoms with Gasteiger partial charge in [0.05, 0.1) is 11.8 Å². The molecular weight excluding hydrogens is 250 g/mol. The fraction of sp³-hybridized carbons (Fsp3) is 0.300. The Kier molecular flexibility index (Phi) is 4.02. The summed E-state index contributed by atoms with van der Waals surface area (Å²) in [7, 11) is -3.98. The lowest BCUT2D eigenvalue weighted by Gasteiger charge is -2.11. The van der Waals surface area contributed by atoms with Crippen molar-refractivity contribution in [2.24, 2.45) is 0 Å². The zero-order valence-corrected chi connectivity index (χ0v) is 9.76. The molecule has 0 heterocycles. The lowest BCUT2D eigenvalue weighted by molar-refractivity contribution is 0.580. The SMILES string of the molecule is CCC(C#N)S(=O)(=O)Nc1ccc(F)cc1F. The topological polar surface area (TPSA) is 70.0 Å². The van der Waals surface area contributed by atoms with Crippen LogP contribution in [0.3, 0.4) is 0 Å². The third-order valence-electron chi connectivity index (χ3n) is 2.07. The van der Waals surface area contributed by atoms with Crippen LogP contribution in [0.1, 0.15) is 13.3 Å². The molecule has 0 saturated heterocycles. The number of benzene rings is 1. The zero-order valence-electron chi connectivity index (χ0n) is 8.94. The fourth-order valence-corrected chi connectivity index (χ4v) is 2.37. The van der Waals surface area contributed by atoms with Crippen LogP contribution in [-0.4, -0.2) is 13.7 Å². The standard InChI is InChI=1S/C10H10F2N2O2S/c1-2-8(6-13)17(15,16)14-10-4-3-7(11)5-9(10)12/h3-5,8,14H,2H2,1H3. The van der Waals surface area contributed by atoms with Crippen molar-refractivity contribution in [3.63, 3.8) is 0 Å². The maximum Gasteiger partial charge on any atom is 0.249 e. The molecule has 0 spiro atoms. The molecule has 0 amide bonds. The number of hydrogen-bond acceptors (Lipinski definition) is 3. The monoisotopic (exact) mass is 260 g/mol. The van der Waals surface area contributed by atoms with E-state index in [-0.39, 0.29) is 12.1 Å². The molecule has 4 nitrogen and oxygen atoms in total. The molecule has 92 valence electrons. The van der Waals surface area contributed by atoms with E-state index in [1.807, 2.05) is 4.72 Å². The lowest BCUT2D eigenvalue weighted by Crippen LogP contribution is -2.26. The lowest BCUT2D eigenvalue weighted by atomic mass is 10.3. The minimum atomic E-state index is -3.98. The van der Waals surface area contributed by atoms with E-state index in [9.17, 15) is 17.2 Å². The maximum atomic E-state index is 13.2. The third kappa shape index (κ3) is 3.14. The van der Waals surface area contributed by atoms with Crippen LogP contribution >= 0.6 is 0 Å².